The number of rotatable bonds is 6. The SMILES string of the molecule is CC1=CCCC(C)=C1/N=c1\ccc2c(-c3ccccc3Sc3ccccc3)c3ccc(Nc4c(C)cccc4C)cc3oc-2c1. The quantitative estimate of drug-likeness (QED) is 0.192. The van der Waals surface area contributed by atoms with E-state index >= 15 is 0 Å². The first-order chi connectivity index (χ1) is 21.9. The Labute approximate surface area is 269 Å². The summed E-state index contributed by atoms with van der Waals surface area (Å²) in [6, 6.07) is 38.5. The summed E-state index contributed by atoms with van der Waals surface area (Å²) in [5.74, 6) is 0.818. The average molecular weight is 605 g/mol. The summed E-state index contributed by atoms with van der Waals surface area (Å²) in [7, 11) is 0. The van der Waals surface area contributed by atoms with Crippen molar-refractivity contribution in [3.05, 3.63) is 149 Å². The van der Waals surface area contributed by atoms with E-state index in [0.717, 1.165) is 57.6 Å². The van der Waals surface area contributed by atoms with Crippen LogP contribution in [0.15, 0.2) is 151 Å². The Hall–Kier alpha value is -4.80. The Morgan fingerprint density at radius 3 is 2.31 bits per heavy atom. The highest BCUT2D eigenvalue weighted by Gasteiger charge is 2.20. The molecule has 1 aliphatic heterocycles. The molecule has 2 aliphatic carbocycles. The van der Waals surface area contributed by atoms with Crippen LogP contribution in [-0.2, 0) is 0 Å². The molecule has 4 heteroatoms. The molecule has 0 unspecified atom stereocenters. The van der Waals surface area contributed by atoms with Gasteiger partial charge in [0.25, 0.3) is 0 Å². The average Bonchev–Trinajstić information content (AvgIpc) is 3.04. The highest BCUT2D eigenvalue weighted by Crippen LogP contribution is 2.45. The molecule has 0 amide bonds. The Bertz CT molecular complexity index is 2130. The maximum absolute atomic E-state index is 6.75. The minimum Gasteiger partial charge on any atom is -0.456 e. The van der Waals surface area contributed by atoms with Crippen LogP contribution in [0.4, 0.5) is 11.4 Å². The number of hydrogen-bond acceptors (Lipinski definition) is 4. The van der Waals surface area contributed by atoms with E-state index in [1.807, 2.05) is 0 Å². The highest BCUT2D eigenvalue weighted by molar-refractivity contribution is 7.99. The summed E-state index contributed by atoms with van der Waals surface area (Å²) in [5.41, 5.74) is 12.4. The van der Waals surface area contributed by atoms with Crippen molar-refractivity contribution >= 4 is 34.1 Å². The second-order valence-electron chi connectivity index (χ2n) is 11.8. The van der Waals surface area contributed by atoms with E-state index in [0.29, 0.717) is 0 Å². The summed E-state index contributed by atoms with van der Waals surface area (Å²) in [5, 5.41) is 5.64. The van der Waals surface area contributed by atoms with Crippen LogP contribution in [0, 0.1) is 13.8 Å². The fourth-order valence-corrected chi connectivity index (χ4v) is 7.19. The predicted octanol–water partition coefficient (Wildman–Crippen LogP) is 11.6. The van der Waals surface area contributed by atoms with Crippen LogP contribution in [0.5, 0.6) is 0 Å². The Kier molecular flexibility index (Phi) is 7.91. The monoisotopic (exact) mass is 604 g/mol. The van der Waals surface area contributed by atoms with Crippen LogP contribution >= 0.6 is 11.8 Å². The molecule has 0 atom stereocenters. The Balaban J connectivity index is 1.44. The minimum absolute atomic E-state index is 0.818. The predicted molar refractivity (Wildman–Crippen MR) is 189 cm³/mol. The van der Waals surface area contributed by atoms with Crippen molar-refractivity contribution in [2.45, 2.75) is 50.3 Å². The van der Waals surface area contributed by atoms with Gasteiger partial charge in [0.05, 0.1) is 11.1 Å². The molecular weight excluding hydrogens is 569 g/mol. The van der Waals surface area contributed by atoms with Gasteiger partial charge in [-0.15, -0.1) is 0 Å². The molecule has 45 heavy (non-hydrogen) atoms. The van der Waals surface area contributed by atoms with Crippen LogP contribution < -0.4 is 10.7 Å². The fourth-order valence-electron chi connectivity index (χ4n) is 6.22. The van der Waals surface area contributed by atoms with E-state index < -0.39 is 0 Å². The van der Waals surface area contributed by atoms with E-state index in [1.54, 1.807) is 11.8 Å². The first-order valence-corrected chi connectivity index (χ1v) is 16.3. The third-order valence-corrected chi connectivity index (χ3v) is 9.66. The molecule has 0 bridgehead atoms. The lowest BCUT2D eigenvalue weighted by molar-refractivity contribution is 0.619. The van der Waals surface area contributed by atoms with Crippen molar-refractivity contribution in [2.24, 2.45) is 4.99 Å². The van der Waals surface area contributed by atoms with E-state index in [1.165, 1.54) is 43.2 Å². The molecule has 222 valence electrons. The minimum atomic E-state index is 0.818. The summed E-state index contributed by atoms with van der Waals surface area (Å²) in [4.78, 5) is 7.52. The lowest BCUT2D eigenvalue weighted by atomic mass is 9.93. The molecular formula is C41H36N2OS. The number of aryl methyl sites for hydroxylation is 2. The zero-order valence-corrected chi connectivity index (χ0v) is 27.0. The molecule has 0 radical (unpaired) electrons. The summed E-state index contributed by atoms with van der Waals surface area (Å²) >= 11 is 1.79. The fraction of sp³-hybridized carbons (Fsp3) is 0.146. The molecule has 4 aromatic carbocycles. The van der Waals surface area contributed by atoms with Crippen molar-refractivity contribution in [1.29, 1.82) is 0 Å². The Morgan fingerprint density at radius 2 is 1.51 bits per heavy atom. The third-order valence-electron chi connectivity index (χ3n) is 8.57. The van der Waals surface area contributed by atoms with Crippen LogP contribution in [0.25, 0.3) is 33.4 Å². The molecule has 1 N–H and O–H groups in total. The van der Waals surface area contributed by atoms with Gasteiger partial charge in [-0.25, -0.2) is 4.99 Å². The second-order valence-corrected chi connectivity index (χ2v) is 13.0. The van der Waals surface area contributed by atoms with Gasteiger partial charge >= 0.3 is 0 Å². The van der Waals surface area contributed by atoms with Crippen LogP contribution in [0.3, 0.4) is 0 Å². The lowest BCUT2D eigenvalue weighted by Crippen LogP contribution is -2.06. The maximum atomic E-state index is 6.75. The van der Waals surface area contributed by atoms with Gasteiger partial charge in [0.1, 0.15) is 11.3 Å². The first-order valence-electron chi connectivity index (χ1n) is 15.5. The first kappa shape index (κ1) is 28.9. The van der Waals surface area contributed by atoms with Gasteiger partial charge in [0, 0.05) is 49.8 Å². The van der Waals surface area contributed by atoms with Crippen LogP contribution in [-0.4, -0.2) is 0 Å². The van der Waals surface area contributed by atoms with Gasteiger partial charge in [-0.3, -0.25) is 0 Å². The molecule has 3 nitrogen and oxygen atoms in total. The van der Waals surface area contributed by atoms with Crippen molar-refractivity contribution in [3.63, 3.8) is 0 Å². The molecule has 7 rings (SSSR count). The number of para-hydroxylation sites is 1. The van der Waals surface area contributed by atoms with E-state index in [9.17, 15) is 0 Å². The number of anilines is 2. The van der Waals surface area contributed by atoms with Crippen molar-refractivity contribution in [1.82, 2.24) is 0 Å². The highest BCUT2D eigenvalue weighted by atomic mass is 32.2. The molecule has 4 aromatic rings. The van der Waals surface area contributed by atoms with Gasteiger partial charge in [-0.1, -0.05) is 72.4 Å². The molecule has 3 aliphatic rings. The zero-order valence-electron chi connectivity index (χ0n) is 26.1. The second kappa shape index (κ2) is 12.3. The van der Waals surface area contributed by atoms with Crippen molar-refractivity contribution in [3.8, 4) is 22.5 Å². The lowest BCUT2D eigenvalue weighted by Gasteiger charge is -2.19. The number of fused-ring (bicyclic) bond motifs is 2. The number of allylic oxidation sites excluding steroid dienone is 3. The van der Waals surface area contributed by atoms with E-state index in [-0.39, 0.29) is 0 Å². The van der Waals surface area contributed by atoms with Gasteiger partial charge in [0.2, 0.25) is 0 Å². The van der Waals surface area contributed by atoms with Gasteiger partial charge < -0.3 is 9.73 Å². The third kappa shape index (κ3) is 5.86. The summed E-state index contributed by atoms with van der Waals surface area (Å²) < 4.78 is 6.75. The molecule has 0 aromatic heterocycles. The van der Waals surface area contributed by atoms with Gasteiger partial charge in [-0.2, -0.15) is 0 Å². The van der Waals surface area contributed by atoms with Crippen LogP contribution in [0.1, 0.15) is 37.8 Å². The molecule has 0 spiro atoms. The van der Waals surface area contributed by atoms with E-state index in [2.05, 4.69) is 148 Å². The molecule has 0 saturated carbocycles. The zero-order chi connectivity index (χ0) is 30.9. The summed E-state index contributed by atoms with van der Waals surface area (Å²) in [6.07, 6.45) is 4.42. The normalized spacial score (nSPS) is 13.9. The number of nitrogens with one attached hydrogen (secondary N) is 1. The molecule has 1 heterocycles. The van der Waals surface area contributed by atoms with Gasteiger partial charge in [-0.05, 0) is 111 Å². The number of hydrogen-bond donors (Lipinski definition) is 1. The summed E-state index contributed by atoms with van der Waals surface area (Å²) in [6.45, 7) is 8.63. The number of benzene rings is 5. The smallest absolute Gasteiger partial charge is 0.137 e. The standard InChI is InChI=1S/C41H36N2OS/c1-26-12-10-13-27(2)40(26)42-30-20-22-33-36(24-30)44-37-25-31(43-41-28(3)14-11-15-29(41)4)21-23-34(37)39(33)35-18-8-9-19-38(35)45-32-16-6-5-7-17-32/h5-10,12-14,16-25,42H,11,15H2,1-4H3/b43-31+. The molecule has 0 fully saturated rings. The molecule has 0 saturated heterocycles. The van der Waals surface area contributed by atoms with Crippen LogP contribution in [0.2, 0.25) is 0 Å². The topological polar surface area (TPSA) is 37.5 Å². The van der Waals surface area contributed by atoms with Crippen molar-refractivity contribution < 1.29 is 4.42 Å². The maximum Gasteiger partial charge on any atom is 0.137 e. The Morgan fingerprint density at radius 1 is 0.733 bits per heavy atom. The van der Waals surface area contributed by atoms with Crippen molar-refractivity contribution in [2.75, 3.05) is 5.32 Å². The number of nitrogens with zero attached hydrogens (tertiary/aromatic N) is 1. The largest absolute Gasteiger partial charge is 0.456 e. The van der Waals surface area contributed by atoms with E-state index in [4.69, 9.17) is 9.41 Å². The van der Waals surface area contributed by atoms with Gasteiger partial charge in [0.15, 0.2) is 0 Å².